The molecule has 0 bridgehead atoms. The average molecular weight is 397 g/mol. The maximum Gasteiger partial charge on any atom is 0.320 e. The number of ether oxygens (including phenoxy) is 2. The number of fused-ring (bicyclic) bond motifs is 1. The van der Waals surface area contributed by atoms with Crippen LogP contribution in [0.1, 0.15) is 24.4 Å². The second-order valence-corrected chi connectivity index (χ2v) is 7.03. The molecule has 9 heteroatoms. The number of rotatable bonds is 8. The minimum Gasteiger partial charge on any atom is -0.474 e. The molecule has 1 aliphatic rings. The van der Waals surface area contributed by atoms with Crippen LogP contribution < -0.4 is 15.4 Å². The summed E-state index contributed by atoms with van der Waals surface area (Å²) in [5.74, 6) is 0.789. The van der Waals surface area contributed by atoms with E-state index >= 15 is 0 Å². The summed E-state index contributed by atoms with van der Waals surface area (Å²) in [6.45, 7) is 0.833. The Labute approximate surface area is 167 Å². The number of aromatic amines is 1. The first kappa shape index (κ1) is 19.2. The van der Waals surface area contributed by atoms with E-state index in [4.69, 9.17) is 9.47 Å². The van der Waals surface area contributed by atoms with Gasteiger partial charge in [-0.1, -0.05) is 30.3 Å². The van der Waals surface area contributed by atoms with Gasteiger partial charge in [0.15, 0.2) is 0 Å². The van der Waals surface area contributed by atoms with Crippen molar-refractivity contribution in [2.75, 3.05) is 25.6 Å². The minimum atomic E-state index is -0.909. The topological polar surface area (TPSA) is 121 Å². The lowest BCUT2D eigenvalue weighted by molar-refractivity contribution is 0.106. The van der Waals surface area contributed by atoms with E-state index in [0.29, 0.717) is 48.7 Å². The number of hydrogen-bond acceptors (Lipinski definition) is 6. The van der Waals surface area contributed by atoms with Gasteiger partial charge in [0.25, 0.3) is 0 Å². The van der Waals surface area contributed by atoms with Crippen molar-refractivity contribution < 1.29 is 19.4 Å². The highest BCUT2D eigenvalue weighted by Gasteiger charge is 2.49. The number of benzene rings is 1. The Morgan fingerprint density at radius 1 is 1.31 bits per heavy atom. The number of pyridine rings is 1. The Hall–Kier alpha value is -3.17. The zero-order valence-electron chi connectivity index (χ0n) is 16.0. The van der Waals surface area contributed by atoms with Crippen molar-refractivity contribution in [3.63, 3.8) is 0 Å². The van der Waals surface area contributed by atoms with Crippen LogP contribution in [0.3, 0.4) is 0 Å². The number of nitrogens with zero attached hydrogens (tertiary/aromatic N) is 2. The molecule has 3 aromatic rings. The Bertz CT molecular complexity index is 987. The zero-order chi connectivity index (χ0) is 20.3. The lowest BCUT2D eigenvalue weighted by atomic mass is 10.00. The molecule has 0 aliphatic heterocycles. The number of urea groups is 1. The van der Waals surface area contributed by atoms with Crippen LogP contribution in [-0.4, -0.2) is 52.2 Å². The van der Waals surface area contributed by atoms with E-state index in [-0.39, 0.29) is 0 Å². The predicted molar refractivity (Wildman–Crippen MR) is 107 cm³/mol. The van der Waals surface area contributed by atoms with Crippen molar-refractivity contribution in [1.82, 2.24) is 20.5 Å². The fraction of sp³-hybridized carbons (Fsp3) is 0.350. The van der Waals surface area contributed by atoms with Gasteiger partial charge in [-0.3, -0.25) is 10.4 Å². The first-order chi connectivity index (χ1) is 14.1. The number of anilines is 1. The summed E-state index contributed by atoms with van der Waals surface area (Å²) < 4.78 is 10.5. The molecule has 4 N–H and O–H groups in total. The van der Waals surface area contributed by atoms with Gasteiger partial charge >= 0.3 is 6.03 Å². The molecule has 1 aromatic carbocycles. The lowest BCUT2D eigenvalue weighted by Crippen LogP contribution is -2.40. The number of carbonyl (C=O) groups is 1. The van der Waals surface area contributed by atoms with E-state index in [9.17, 15) is 9.90 Å². The molecule has 2 amide bonds. The van der Waals surface area contributed by atoms with Gasteiger partial charge in [-0.2, -0.15) is 0 Å². The summed E-state index contributed by atoms with van der Waals surface area (Å²) in [5.41, 5.74) is 0.633. The largest absolute Gasteiger partial charge is 0.474 e. The Morgan fingerprint density at radius 3 is 2.83 bits per heavy atom. The highest BCUT2D eigenvalue weighted by atomic mass is 16.5. The average Bonchev–Trinajstić information content (AvgIpc) is 3.35. The Balaban J connectivity index is 1.44. The standard InChI is InChI=1S/C20H23N5O4/c1-28-9-10-29-18-14-12-21-16(11-15(14)24-25-18)22-19(26)23-17(20(27)7-8-20)13-5-3-2-4-6-13/h2-6,11-12,17,27H,7-10H2,1H3,(H,24,25)(H2,21,22,23,26). The number of nitrogens with one attached hydrogen (secondary N) is 3. The fourth-order valence-electron chi connectivity index (χ4n) is 3.16. The van der Waals surface area contributed by atoms with Crippen molar-refractivity contribution in [2.24, 2.45) is 0 Å². The molecule has 4 rings (SSSR count). The molecule has 9 nitrogen and oxygen atoms in total. The zero-order valence-corrected chi connectivity index (χ0v) is 16.0. The number of carbonyl (C=O) groups excluding carboxylic acids is 1. The monoisotopic (exact) mass is 397 g/mol. The quantitative estimate of drug-likeness (QED) is 0.433. The van der Waals surface area contributed by atoms with Crippen molar-refractivity contribution in [1.29, 1.82) is 0 Å². The van der Waals surface area contributed by atoms with Crippen LogP contribution in [0.5, 0.6) is 5.88 Å². The van der Waals surface area contributed by atoms with E-state index in [2.05, 4.69) is 25.8 Å². The Morgan fingerprint density at radius 2 is 2.10 bits per heavy atom. The molecule has 0 radical (unpaired) electrons. The molecule has 29 heavy (non-hydrogen) atoms. The number of aromatic nitrogens is 3. The minimum absolute atomic E-state index is 0.358. The normalized spacial score (nSPS) is 15.7. The molecule has 1 atom stereocenters. The van der Waals surface area contributed by atoms with Gasteiger partial charge in [-0.05, 0) is 18.4 Å². The van der Waals surface area contributed by atoms with Gasteiger partial charge in [0.1, 0.15) is 12.4 Å². The predicted octanol–water partition coefficient (Wildman–Crippen LogP) is 2.37. The van der Waals surface area contributed by atoms with Crippen LogP contribution in [0.15, 0.2) is 42.6 Å². The van der Waals surface area contributed by atoms with Crippen molar-refractivity contribution in [3.05, 3.63) is 48.2 Å². The molecular formula is C20H23N5O4. The summed E-state index contributed by atoms with van der Waals surface area (Å²) in [4.78, 5) is 16.8. The first-order valence-electron chi connectivity index (χ1n) is 9.40. The third-order valence-electron chi connectivity index (χ3n) is 4.89. The number of aliphatic hydroxyl groups is 1. The number of H-pyrrole nitrogens is 1. The molecule has 2 heterocycles. The highest BCUT2D eigenvalue weighted by Crippen LogP contribution is 2.45. The summed E-state index contributed by atoms with van der Waals surface area (Å²) >= 11 is 0. The van der Waals surface area contributed by atoms with Crippen molar-refractivity contribution >= 4 is 22.8 Å². The van der Waals surface area contributed by atoms with Gasteiger partial charge in [0.2, 0.25) is 5.88 Å². The molecule has 1 saturated carbocycles. The van der Waals surface area contributed by atoms with Crippen LogP contribution in [0.4, 0.5) is 10.6 Å². The van der Waals surface area contributed by atoms with Gasteiger partial charge in [0.05, 0.1) is 29.2 Å². The Kier molecular flexibility index (Phi) is 5.32. The molecule has 2 aromatic heterocycles. The second-order valence-electron chi connectivity index (χ2n) is 7.03. The molecule has 1 fully saturated rings. The smallest absolute Gasteiger partial charge is 0.320 e. The van der Waals surface area contributed by atoms with Crippen molar-refractivity contribution in [3.8, 4) is 5.88 Å². The van der Waals surface area contributed by atoms with E-state index in [1.54, 1.807) is 19.4 Å². The van der Waals surface area contributed by atoms with Gasteiger partial charge < -0.3 is 19.9 Å². The van der Waals surface area contributed by atoms with Crippen LogP contribution >= 0.6 is 0 Å². The molecular weight excluding hydrogens is 374 g/mol. The SMILES string of the molecule is COCCOc1n[nH]c2cc(NC(=O)NC(c3ccccc3)C3(O)CC3)ncc12. The molecule has 0 saturated heterocycles. The van der Waals surface area contributed by atoms with Crippen LogP contribution in [0, 0.1) is 0 Å². The third kappa shape index (κ3) is 4.30. The number of methoxy groups -OCH3 is 1. The maximum absolute atomic E-state index is 12.5. The highest BCUT2D eigenvalue weighted by molar-refractivity contribution is 5.92. The first-order valence-corrected chi connectivity index (χ1v) is 9.40. The van der Waals surface area contributed by atoms with Crippen molar-refractivity contribution in [2.45, 2.75) is 24.5 Å². The van der Waals surface area contributed by atoms with E-state index < -0.39 is 17.7 Å². The number of amides is 2. The number of hydrogen-bond donors (Lipinski definition) is 4. The summed E-state index contributed by atoms with van der Waals surface area (Å²) in [7, 11) is 1.60. The van der Waals surface area contributed by atoms with Gasteiger partial charge in [-0.15, -0.1) is 5.10 Å². The van der Waals surface area contributed by atoms with E-state index in [1.165, 1.54) is 0 Å². The van der Waals surface area contributed by atoms with E-state index in [1.807, 2.05) is 30.3 Å². The van der Waals surface area contributed by atoms with Crippen LogP contribution in [0.25, 0.3) is 10.9 Å². The van der Waals surface area contributed by atoms with Gasteiger partial charge in [-0.25, -0.2) is 9.78 Å². The summed E-state index contributed by atoms with van der Waals surface area (Å²) in [6.07, 6.45) is 2.88. The third-order valence-corrected chi connectivity index (χ3v) is 4.89. The van der Waals surface area contributed by atoms with Gasteiger partial charge in [0, 0.05) is 19.4 Å². The summed E-state index contributed by atoms with van der Waals surface area (Å²) in [6, 6.07) is 10.2. The maximum atomic E-state index is 12.5. The van der Waals surface area contributed by atoms with E-state index in [0.717, 1.165) is 5.56 Å². The molecule has 152 valence electrons. The van der Waals surface area contributed by atoms with Crippen LogP contribution in [0.2, 0.25) is 0 Å². The molecule has 1 aliphatic carbocycles. The van der Waals surface area contributed by atoms with Crippen LogP contribution in [-0.2, 0) is 4.74 Å². The lowest BCUT2D eigenvalue weighted by Gasteiger charge is -2.24. The molecule has 0 spiro atoms. The summed E-state index contributed by atoms with van der Waals surface area (Å²) in [5, 5.41) is 23.9. The molecule has 1 unspecified atom stereocenters. The second kappa shape index (κ2) is 8.06. The fourth-order valence-corrected chi connectivity index (χ4v) is 3.16.